The Kier molecular flexibility index (Phi) is 5.59. The highest BCUT2D eigenvalue weighted by Gasteiger charge is 2.17. The Bertz CT molecular complexity index is 1930. The summed E-state index contributed by atoms with van der Waals surface area (Å²) >= 11 is 0. The van der Waals surface area contributed by atoms with Crippen LogP contribution in [-0.2, 0) is 13.7 Å². The van der Waals surface area contributed by atoms with Gasteiger partial charge in [-0.05, 0) is 42.0 Å². The number of pyridine rings is 3. The van der Waals surface area contributed by atoms with Crippen molar-refractivity contribution in [3.05, 3.63) is 115 Å². The van der Waals surface area contributed by atoms with Crippen LogP contribution in [0.15, 0.2) is 110 Å². The van der Waals surface area contributed by atoms with Crippen molar-refractivity contribution in [3.63, 3.8) is 0 Å². The summed E-state index contributed by atoms with van der Waals surface area (Å²) in [4.78, 5) is 17.3. The maximum absolute atomic E-state index is 6.00. The van der Waals surface area contributed by atoms with Gasteiger partial charge in [0, 0.05) is 46.9 Å². The van der Waals surface area contributed by atoms with Crippen LogP contribution in [0.3, 0.4) is 0 Å². The third-order valence-electron chi connectivity index (χ3n) is 6.85. The third kappa shape index (κ3) is 4.30. The number of ether oxygens (including phenoxy) is 1. The second-order valence-electron chi connectivity index (χ2n) is 9.41. The quantitative estimate of drug-likeness (QED) is 0.267. The fourth-order valence-corrected chi connectivity index (χ4v) is 4.92. The molecule has 0 saturated carbocycles. The van der Waals surface area contributed by atoms with Crippen molar-refractivity contribution in [2.75, 3.05) is 0 Å². The Hall–Kier alpha value is -5.30. The topological polar surface area (TPSA) is 81.5 Å². The van der Waals surface area contributed by atoms with Gasteiger partial charge in [-0.15, -0.1) is 0 Å². The molecule has 0 aliphatic rings. The first kappa shape index (κ1) is 22.9. The molecule has 0 atom stereocenters. The van der Waals surface area contributed by atoms with E-state index in [-0.39, 0.29) is 0 Å². The summed E-state index contributed by atoms with van der Waals surface area (Å²) in [5.74, 6) is 0.697. The van der Waals surface area contributed by atoms with Gasteiger partial charge >= 0.3 is 0 Å². The zero-order chi connectivity index (χ0) is 26.2. The first-order chi connectivity index (χ1) is 19.2. The van der Waals surface area contributed by atoms with E-state index in [1.165, 1.54) is 0 Å². The molecule has 1 N–H and O–H groups in total. The zero-order valence-electron chi connectivity index (χ0n) is 21.2. The molecule has 0 fully saturated rings. The molecule has 7 heteroatoms. The zero-order valence-corrected chi connectivity index (χ0v) is 21.2. The first-order valence-electron chi connectivity index (χ1n) is 12.7. The molecule has 5 aromatic heterocycles. The molecule has 7 nitrogen and oxygen atoms in total. The van der Waals surface area contributed by atoms with Gasteiger partial charge < -0.3 is 9.72 Å². The van der Waals surface area contributed by atoms with Gasteiger partial charge in [-0.1, -0.05) is 48.5 Å². The summed E-state index contributed by atoms with van der Waals surface area (Å²) in [6.45, 7) is 0.478. The average molecular weight is 509 g/mol. The number of nitrogens with zero attached hydrogens (tertiary/aromatic N) is 5. The molecular weight excluding hydrogens is 484 g/mol. The number of H-pyrrole nitrogens is 1. The van der Waals surface area contributed by atoms with E-state index in [4.69, 9.17) is 14.8 Å². The lowest BCUT2D eigenvalue weighted by molar-refractivity contribution is 0.305. The Labute approximate surface area is 224 Å². The SMILES string of the molecule is Cn1nc(-c2cc3c(-c4ccccn4)cccc3[nH]2)c2cc(-c3cncc(OCc4ccccc4)c3)ncc21. The molecule has 7 aromatic rings. The fraction of sp³-hybridized carbons (Fsp3) is 0.0625. The molecule has 0 spiro atoms. The Morgan fingerprint density at radius 1 is 0.795 bits per heavy atom. The summed E-state index contributed by atoms with van der Waals surface area (Å²) in [5, 5.41) is 6.97. The Balaban J connectivity index is 1.27. The van der Waals surface area contributed by atoms with Gasteiger partial charge in [0.25, 0.3) is 0 Å². The minimum absolute atomic E-state index is 0.478. The van der Waals surface area contributed by atoms with Crippen LogP contribution in [-0.4, -0.2) is 29.7 Å². The van der Waals surface area contributed by atoms with E-state index in [0.29, 0.717) is 12.4 Å². The van der Waals surface area contributed by atoms with Crippen molar-refractivity contribution >= 4 is 21.8 Å². The molecule has 0 amide bonds. The van der Waals surface area contributed by atoms with Gasteiger partial charge in [0.05, 0.1) is 35.0 Å². The molecule has 0 radical (unpaired) electrons. The summed E-state index contributed by atoms with van der Waals surface area (Å²) in [5.41, 5.74) is 8.59. The summed E-state index contributed by atoms with van der Waals surface area (Å²) < 4.78 is 7.87. The van der Waals surface area contributed by atoms with Gasteiger partial charge in [-0.3, -0.25) is 19.6 Å². The third-order valence-corrected chi connectivity index (χ3v) is 6.85. The molecule has 0 aliphatic heterocycles. The van der Waals surface area contributed by atoms with Crippen LogP contribution in [0.25, 0.3) is 55.7 Å². The van der Waals surface area contributed by atoms with Crippen LogP contribution in [0.2, 0.25) is 0 Å². The van der Waals surface area contributed by atoms with Crippen molar-refractivity contribution in [2.45, 2.75) is 6.61 Å². The molecule has 188 valence electrons. The summed E-state index contributed by atoms with van der Waals surface area (Å²) in [6.07, 6.45) is 7.21. The molecule has 0 aliphatic carbocycles. The van der Waals surface area contributed by atoms with Gasteiger partial charge in [0.1, 0.15) is 18.1 Å². The van der Waals surface area contributed by atoms with Crippen molar-refractivity contribution in [3.8, 4) is 39.7 Å². The molecule has 0 unspecified atom stereocenters. The molecule has 2 aromatic carbocycles. The summed E-state index contributed by atoms with van der Waals surface area (Å²) in [6, 6.07) is 28.5. The van der Waals surface area contributed by atoms with Crippen LogP contribution in [0.5, 0.6) is 5.75 Å². The smallest absolute Gasteiger partial charge is 0.138 e. The van der Waals surface area contributed by atoms with E-state index < -0.39 is 0 Å². The van der Waals surface area contributed by atoms with Crippen molar-refractivity contribution in [2.24, 2.45) is 7.05 Å². The minimum atomic E-state index is 0.478. The summed E-state index contributed by atoms with van der Waals surface area (Å²) in [7, 11) is 1.94. The number of hydrogen-bond donors (Lipinski definition) is 1. The molecule has 39 heavy (non-hydrogen) atoms. The number of aryl methyl sites for hydroxylation is 1. The highest BCUT2D eigenvalue weighted by atomic mass is 16.5. The van der Waals surface area contributed by atoms with E-state index in [1.807, 2.05) is 91.0 Å². The number of rotatable bonds is 6. The van der Waals surface area contributed by atoms with Gasteiger partial charge in [0.2, 0.25) is 0 Å². The number of fused-ring (bicyclic) bond motifs is 2. The van der Waals surface area contributed by atoms with E-state index in [2.05, 4.69) is 39.2 Å². The minimum Gasteiger partial charge on any atom is -0.487 e. The van der Waals surface area contributed by atoms with Crippen LogP contribution in [0, 0.1) is 0 Å². The Morgan fingerprint density at radius 3 is 2.56 bits per heavy atom. The number of aromatic nitrogens is 6. The second-order valence-corrected chi connectivity index (χ2v) is 9.41. The molecule has 0 bridgehead atoms. The number of nitrogens with one attached hydrogen (secondary N) is 1. The standard InChI is InChI=1S/C32H24N6O/c1-38-31-19-35-29(22-14-23(18-33-17-22)39-20-21-8-3-2-4-9-21)16-26(31)32(37-38)30-15-25-24(10-7-12-28(25)36-30)27-11-5-6-13-34-27/h2-19,36H,20H2,1H3. The Morgan fingerprint density at radius 2 is 1.69 bits per heavy atom. The lowest BCUT2D eigenvalue weighted by Gasteiger charge is -2.08. The number of hydrogen-bond acceptors (Lipinski definition) is 5. The van der Waals surface area contributed by atoms with Gasteiger partial charge in [-0.25, -0.2) is 0 Å². The number of benzene rings is 2. The normalized spacial score (nSPS) is 11.3. The lowest BCUT2D eigenvalue weighted by atomic mass is 10.1. The predicted molar refractivity (Wildman–Crippen MR) is 153 cm³/mol. The maximum atomic E-state index is 6.00. The fourth-order valence-electron chi connectivity index (χ4n) is 4.92. The van der Waals surface area contributed by atoms with Crippen molar-refractivity contribution in [1.29, 1.82) is 0 Å². The first-order valence-corrected chi connectivity index (χ1v) is 12.7. The molecule has 0 saturated heterocycles. The van der Waals surface area contributed by atoms with Crippen LogP contribution in [0.4, 0.5) is 0 Å². The van der Waals surface area contributed by atoms with E-state index in [9.17, 15) is 0 Å². The van der Waals surface area contributed by atoms with E-state index >= 15 is 0 Å². The van der Waals surface area contributed by atoms with Crippen LogP contribution in [0.1, 0.15) is 5.56 Å². The van der Waals surface area contributed by atoms with E-state index in [1.54, 1.807) is 6.20 Å². The highest BCUT2D eigenvalue weighted by molar-refractivity contribution is 6.01. The molecule has 5 heterocycles. The monoisotopic (exact) mass is 508 g/mol. The average Bonchev–Trinajstić information content (AvgIpc) is 3.58. The maximum Gasteiger partial charge on any atom is 0.138 e. The largest absolute Gasteiger partial charge is 0.487 e. The highest BCUT2D eigenvalue weighted by Crippen LogP contribution is 2.35. The van der Waals surface area contributed by atoms with E-state index in [0.717, 1.165) is 61.3 Å². The number of aromatic amines is 1. The second kappa shape index (κ2) is 9.54. The molecular formula is C32H24N6O. The van der Waals surface area contributed by atoms with Gasteiger partial charge in [0.15, 0.2) is 0 Å². The van der Waals surface area contributed by atoms with Crippen LogP contribution >= 0.6 is 0 Å². The predicted octanol–water partition coefficient (Wildman–Crippen LogP) is 6.82. The van der Waals surface area contributed by atoms with Crippen LogP contribution < -0.4 is 4.74 Å². The lowest BCUT2D eigenvalue weighted by Crippen LogP contribution is -1.96. The molecule has 7 rings (SSSR count). The van der Waals surface area contributed by atoms with Crippen molar-refractivity contribution < 1.29 is 4.74 Å². The van der Waals surface area contributed by atoms with Gasteiger partial charge in [-0.2, -0.15) is 5.10 Å². The van der Waals surface area contributed by atoms with Crippen molar-refractivity contribution in [1.82, 2.24) is 29.7 Å².